The second-order valence-electron chi connectivity index (χ2n) is 10.6. The lowest BCUT2D eigenvalue weighted by Gasteiger charge is -2.38. The zero-order valence-corrected chi connectivity index (χ0v) is 22.9. The molecular formula is C26H29N7O6S. The molecule has 1 aromatic carbocycles. The average Bonchev–Trinajstić information content (AvgIpc) is 3.58. The highest BCUT2D eigenvalue weighted by Crippen LogP contribution is 2.33. The lowest BCUT2D eigenvalue weighted by atomic mass is 9.91. The van der Waals surface area contributed by atoms with Crippen LogP contribution in [0.15, 0.2) is 51.0 Å². The van der Waals surface area contributed by atoms with Crippen LogP contribution < -0.4 is 10.3 Å². The minimum Gasteiger partial charge on any atom is -0.388 e. The number of piperidine rings is 1. The Morgan fingerprint density at radius 1 is 1.23 bits per heavy atom. The molecule has 1 amide bonds. The number of aromatic nitrogens is 5. The topological polar surface area (TPSA) is 165 Å². The van der Waals surface area contributed by atoms with Gasteiger partial charge in [0.2, 0.25) is 5.91 Å². The first kappa shape index (κ1) is 26.2. The lowest BCUT2D eigenvalue weighted by molar-refractivity contribution is -0.137. The van der Waals surface area contributed by atoms with Gasteiger partial charge in [-0.15, -0.1) is 0 Å². The summed E-state index contributed by atoms with van der Waals surface area (Å²) < 4.78 is 36.2. The first-order valence-corrected chi connectivity index (χ1v) is 14.5. The van der Waals surface area contributed by atoms with E-state index in [4.69, 9.17) is 4.52 Å². The normalized spacial score (nSPS) is 17.3. The van der Waals surface area contributed by atoms with Gasteiger partial charge in [-0.05, 0) is 57.7 Å². The van der Waals surface area contributed by atoms with Gasteiger partial charge in [0.05, 0.1) is 29.7 Å². The number of amides is 1. The maximum atomic E-state index is 13.3. The number of nitrogens with one attached hydrogen (secondary N) is 1. The summed E-state index contributed by atoms with van der Waals surface area (Å²) in [6.07, 6.45) is 5.43. The van der Waals surface area contributed by atoms with Gasteiger partial charge in [-0.2, -0.15) is 5.10 Å². The summed E-state index contributed by atoms with van der Waals surface area (Å²) in [6, 6.07) is 6.54. The molecule has 4 heterocycles. The van der Waals surface area contributed by atoms with Crippen molar-refractivity contribution in [3.05, 3.63) is 58.6 Å². The summed E-state index contributed by atoms with van der Waals surface area (Å²) in [5, 5.41) is 19.5. The van der Waals surface area contributed by atoms with Crippen LogP contribution in [0.2, 0.25) is 0 Å². The molecule has 0 bridgehead atoms. The van der Waals surface area contributed by atoms with Gasteiger partial charge in [-0.1, -0.05) is 11.2 Å². The van der Waals surface area contributed by atoms with Crippen molar-refractivity contribution in [3.8, 4) is 5.69 Å². The van der Waals surface area contributed by atoms with E-state index >= 15 is 0 Å². The van der Waals surface area contributed by atoms with Gasteiger partial charge in [-0.25, -0.2) is 18.1 Å². The van der Waals surface area contributed by atoms with Gasteiger partial charge in [0, 0.05) is 19.0 Å². The number of carbonyl (C=O) groups is 1. The van der Waals surface area contributed by atoms with Crippen LogP contribution in [-0.4, -0.2) is 67.5 Å². The van der Waals surface area contributed by atoms with E-state index in [1.54, 1.807) is 31.2 Å². The SMILES string of the molecule is Cc1noc(C)c1S(=O)(=O)Nc1cccc(-n2ncc3c(=O)n(CC4(O)CCN(C(=O)C5CC5)CC4)cnc32)c1. The number of hydrogen-bond donors (Lipinski definition) is 2. The maximum absolute atomic E-state index is 13.3. The fraction of sp³-hybridized carbons (Fsp3) is 0.423. The smallest absolute Gasteiger partial charge is 0.267 e. The molecule has 1 aliphatic carbocycles. The van der Waals surface area contributed by atoms with Crippen LogP contribution in [0.3, 0.4) is 0 Å². The molecule has 13 nitrogen and oxygen atoms in total. The number of carbonyl (C=O) groups excluding carboxylic acids is 1. The zero-order chi connectivity index (χ0) is 28.2. The van der Waals surface area contributed by atoms with Crippen molar-refractivity contribution in [2.75, 3.05) is 17.8 Å². The number of nitrogens with zero attached hydrogens (tertiary/aromatic N) is 6. The number of anilines is 1. The van der Waals surface area contributed by atoms with E-state index in [9.17, 15) is 23.1 Å². The van der Waals surface area contributed by atoms with E-state index < -0.39 is 15.6 Å². The van der Waals surface area contributed by atoms with Crippen molar-refractivity contribution in [3.63, 3.8) is 0 Å². The third-order valence-corrected chi connectivity index (χ3v) is 9.16. The van der Waals surface area contributed by atoms with E-state index in [0.717, 1.165) is 12.8 Å². The zero-order valence-electron chi connectivity index (χ0n) is 22.1. The number of aryl methyl sites for hydroxylation is 2. The Labute approximate surface area is 229 Å². The minimum absolute atomic E-state index is 0.0218. The second-order valence-corrected chi connectivity index (χ2v) is 12.2. The third kappa shape index (κ3) is 4.77. The largest absolute Gasteiger partial charge is 0.388 e. The molecule has 0 spiro atoms. The quantitative estimate of drug-likeness (QED) is 0.338. The fourth-order valence-electron chi connectivity index (χ4n) is 5.22. The molecule has 1 saturated heterocycles. The predicted molar refractivity (Wildman–Crippen MR) is 143 cm³/mol. The van der Waals surface area contributed by atoms with E-state index in [0.29, 0.717) is 37.3 Å². The average molecular weight is 568 g/mol. The minimum atomic E-state index is -3.95. The molecular weight excluding hydrogens is 538 g/mol. The molecule has 2 fully saturated rings. The van der Waals surface area contributed by atoms with E-state index in [2.05, 4.69) is 20.0 Å². The van der Waals surface area contributed by atoms with E-state index in [1.807, 2.05) is 4.90 Å². The van der Waals surface area contributed by atoms with E-state index in [1.165, 1.54) is 28.7 Å². The van der Waals surface area contributed by atoms with Crippen molar-refractivity contribution < 1.29 is 22.8 Å². The number of benzene rings is 1. The van der Waals surface area contributed by atoms with Crippen molar-refractivity contribution in [2.45, 2.75) is 56.6 Å². The maximum Gasteiger partial charge on any atom is 0.267 e. The number of hydrogen-bond acceptors (Lipinski definition) is 9. The number of fused-ring (bicyclic) bond motifs is 1. The summed E-state index contributed by atoms with van der Waals surface area (Å²) in [4.78, 5) is 31.9. The van der Waals surface area contributed by atoms with Crippen LogP contribution in [0, 0.1) is 19.8 Å². The molecule has 4 aromatic rings. The van der Waals surface area contributed by atoms with Gasteiger partial charge in [0.25, 0.3) is 15.6 Å². The fourth-order valence-corrected chi connectivity index (χ4v) is 6.60. The Balaban J connectivity index is 1.22. The molecule has 2 aliphatic rings. The summed E-state index contributed by atoms with van der Waals surface area (Å²) in [5.74, 6) is 0.483. The molecule has 14 heteroatoms. The molecule has 0 unspecified atom stereocenters. The third-order valence-electron chi connectivity index (χ3n) is 7.53. The lowest BCUT2D eigenvalue weighted by Crippen LogP contribution is -2.50. The molecule has 0 radical (unpaired) electrons. The summed E-state index contributed by atoms with van der Waals surface area (Å²) in [6.45, 7) is 4.06. The molecule has 40 heavy (non-hydrogen) atoms. The Bertz CT molecular complexity index is 1760. The first-order chi connectivity index (χ1) is 19.0. The highest BCUT2D eigenvalue weighted by atomic mass is 32.2. The molecule has 2 N–H and O–H groups in total. The van der Waals surface area contributed by atoms with Crippen molar-refractivity contribution in [1.82, 2.24) is 29.4 Å². The molecule has 1 saturated carbocycles. The standard InChI is InChI=1S/C26H29N7O6S/c1-16-22(17(2)39-29-16)40(37,38)30-19-4-3-5-20(12-19)33-23-21(13-28-33)25(35)32(15-27-23)14-26(36)8-10-31(11-9-26)24(34)18-6-7-18/h3-5,12-13,15,18,30,36H,6-11,14H2,1-2H3. The van der Waals surface area contributed by atoms with Crippen LogP contribution in [-0.2, 0) is 21.4 Å². The number of likely N-dealkylation sites (tertiary alicyclic amines) is 1. The summed E-state index contributed by atoms with van der Waals surface area (Å²) in [5.41, 5.74) is -0.155. The van der Waals surface area contributed by atoms with E-state index in [-0.39, 0.29) is 51.4 Å². The second kappa shape index (κ2) is 9.55. The van der Waals surface area contributed by atoms with Crippen LogP contribution in [0.25, 0.3) is 16.7 Å². The van der Waals surface area contributed by atoms with Gasteiger partial charge < -0.3 is 14.5 Å². The Morgan fingerprint density at radius 2 is 1.98 bits per heavy atom. The van der Waals surface area contributed by atoms with Crippen LogP contribution in [0.1, 0.15) is 37.1 Å². The van der Waals surface area contributed by atoms with Gasteiger partial charge in [-0.3, -0.25) is 18.9 Å². The Morgan fingerprint density at radius 3 is 2.65 bits per heavy atom. The van der Waals surface area contributed by atoms with Crippen LogP contribution in [0.5, 0.6) is 0 Å². The van der Waals surface area contributed by atoms with Gasteiger partial charge in [0.15, 0.2) is 16.3 Å². The molecule has 210 valence electrons. The molecule has 3 aromatic heterocycles. The Kier molecular flexibility index (Phi) is 6.26. The number of sulfonamides is 1. The van der Waals surface area contributed by atoms with Gasteiger partial charge in [0.1, 0.15) is 17.4 Å². The number of aliphatic hydroxyl groups is 1. The Hall–Kier alpha value is -4.04. The highest BCUT2D eigenvalue weighted by Gasteiger charge is 2.39. The van der Waals surface area contributed by atoms with Crippen molar-refractivity contribution in [2.24, 2.45) is 5.92 Å². The predicted octanol–water partition coefficient (Wildman–Crippen LogP) is 1.75. The monoisotopic (exact) mass is 567 g/mol. The van der Waals surface area contributed by atoms with Crippen LogP contribution in [0.4, 0.5) is 5.69 Å². The summed E-state index contributed by atoms with van der Waals surface area (Å²) >= 11 is 0. The molecule has 0 atom stereocenters. The highest BCUT2D eigenvalue weighted by molar-refractivity contribution is 7.92. The first-order valence-electron chi connectivity index (χ1n) is 13.1. The molecule has 6 rings (SSSR count). The van der Waals surface area contributed by atoms with Crippen LogP contribution >= 0.6 is 0 Å². The van der Waals surface area contributed by atoms with Gasteiger partial charge >= 0.3 is 0 Å². The summed E-state index contributed by atoms with van der Waals surface area (Å²) in [7, 11) is -3.95. The van der Waals surface area contributed by atoms with Crippen molar-refractivity contribution in [1.29, 1.82) is 0 Å². The number of rotatable bonds is 7. The van der Waals surface area contributed by atoms with Crippen molar-refractivity contribution >= 4 is 32.7 Å². The molecule has 1 aliphatic heterocycles.